The summed E-state index contributed by atoms with van der Waals surface area (Å²) in [6, 6.07) is 32.9. The van der Waals surface area contributed by atoms with Crippen LogP contribution in [0, 0.1) is 12.1 Å². The summed E-state index contributed by atoms with van der Waals surface area (Å²) in [5.41, 5.74) is 7.52. The van der Waals surface area contributed by atoms with Crippen molar-refractivity contribution in [1.82, 2.24) is 29.1 Å². The van der Waals surface area contributed by atoms with E-state index < -0.39 is 5.41 Å². The Kier molecular flexibility index (Phi) is 6.49. The van der Waals surface area contributed by atoms with Crippen LogP contribution in [0.3, 0.4) is 0 Å². The van der Waals surface area contributed by atoms with Gasteiger partial charge >= 0.3 is 21.1 Å². The third-order valence-electron chi connectivity index (χ3n) is 8.75. The molecule has 0 atom stereocenters. The average molecular weight is 754 g/mol. The molecule has 0 saturated carbocycles. The molecule has 0 saturated heterocycles. The number of aromatic nitrogens is 6. The first-order valence-corrected chi connectivity index (χ1v) is 14.6. The molecule has 0 bridgehead atoms. The summed E-state index contributed by atoms with van der Waals surface area (Å²) >= 11 is 0. The summed E-state index contributed by atoms with van der Waals surface area (Å²) in [6.45, 7) is 11.1. The van der Waals surface area contributed by atoms with Crippen molar-refractivity contribution in [3.05, 3.63) is 120 Å². The number of hydrogen-bond donors (Lipinski definition) is 0. The molecule has 5 aromatic heterocycles. The minimum Gasteiger partial charge on any atom is -0.380 e. The van der Waals surface area contributed by atoms with Gasteiger partial charge in [0.15, 0.2) is 0 Å². The quantitative estimate of drug-likeness (QED) is 0.135. The van der Waals surface area contributed by atoms with Gasteiger partial charge in [0.05, 0.1) is 11.2 Å². The van der Waals surface area contributed by atoms with Crippen LogP contribution in [-0.2, 0) is 31.9 Å². The normalized spacial score (nSPS) is 12.5. The Morgan fingerprint density at radius 3 is 2.25 bits per heavy atom. The van der Waals surface area contributed by atoms with Crippen LogP contribution >= 0.6 is 0 Å². The summed E-state index contributed by atoms with van der Waals surface area (Å²) in [6.07, 6.45) is 5.47. The van der Waals surface area contributed by atoms with Gasteiger partial charge in [-0.2, -0.15) is 11.2 Å². The van der Waals surface area contributed by atoms with Crippen molar-refractivity contribution in [1.29, 1.82) is 0 Å². The third-order valence-corrected chi connectivity index (χ3v) is 8.75. The predicted molar refractivity (Wildman–Crippen MR) is 173 cm³/mol. The van der Waals surface area contributed by atoms with Gasteiger partial charge in [0.2, 0.25) is 0 Å². The van der Waals surface area contributed by atoms with Crippen LogP contribution in [0.5, 0.6) is 0 Å². The van der Waals surface area contributed by atoms with E-state index in [1.807, 2.05) is 23.0 Å². The summed E-state index contributed by atoms with van der Waals surface area (Å²) in [4.78, 5) is 14.5. The molecule has 0 N–H and O–H groups in total. The zero-order chi connectivity index (χ0) is 29.5. The maximum absolute atomic E-state index is 5.04. The number of hydrogen-bond acceptors (Lipinski definition) is 4. The molecular formula is C37H30N6Pt. The zero-order valence-corrected chi connectivity index (χ0v) is 27.4. The van der Waals surface area contributed by atoms with E-state index in [-0.39, 0.29) is 26.5 Å². The van der Waals surface area contributed by atoms with Crippen LogP contribution in [0.25, 0.3) is 55.1 Å². The molecule has 8 aromatic rings. The summed E-state index contributed by atoms with van der Waals surface area (Å²) < 4.78 is 4.10. The molecule has 0 aliphatic rings. The Morgan fingerprint density at radius 1 is 0.705 bits per heavy atom. The van der Waals surface area contributed by atoms with Gasteiger partial charge in [-0.05, 0) is 62.5 Å². The van der Waals surface area contributed by atoms with Crippen LogP contribution in [0.4, 0.5) is 0 Å². The van der Waals surface area contributed by atoms with Gasteiger partial charge in [-0.1, -0.05) is 88.0 Å². The number of pyridine rings is 3. The molecule has 0 fully saturated rings. The van der Waals surface area contributed by atoms with Gasteiger partial charge in [-0.15, -0.1) is 29.3 Å². The Hall–Kier alpha value is -4.41. The molecule has 0 amide bonds. The molecular weight excluding hydrogens is 724 g/mol. The number of benzene rings is 3. The van der Waals surface area contributed by atoms with Gasteiger partial charge < -0.3 is 9.55 Å². The molecule has 0 aliphatic heterocycles. The van der Waals surface area contributed by atoms with E-state index in [1.165, 1.54) is 5.56 Å². The molecule has 8 rings (SSSR count). The fourth-order valence-electron chi connectivity index (χ4n) is 6.20. The van der Waals surface area contributed by atoms with Crippen molar-refractivity contribution in [2.24, 2.45) is 0 Å². The minimum absolute atomic E-state index is 0. The maximum atomic E-state index is 5.04. The minimum atomic E-state index is -0.444. The fraction of sp³-hybridized carbons (Fsp3) is 0.189. The molecule has 0 spiro atoms. The number of rotatable bonds is 3. The Morgan fingerprint density at radius 2 is 1.45 bits per heavy atom. The predicted octanol–water partition coefficient (Wildman–Crippen LogP) is 8.14. The van der Waals surface area contributed by atoms with Gasteiger partial charge in [-0.3, -0.25) is 9.50 Å². The molecule has 0 unspecified atom stereocenters. The van der Waals surface area contributed by atoms with Crippen LogP contribution in [0.2, 0.25) is 0 Å². The fourth-order valence-corrected chi connectivity index (χ4v) is 6.20. The Bertz CT molecular complexity index is 2370. The second kappa shape index (κ2) is 10.1. The van der Waals surface area contributed by atoms with Crippen molar-refractivity contribution in [2.45, 2.75) is 45.4 Å². The molecule has 3 aromatic carbocycles. The molecule has 7 heteroatoms. The van der Waals surface area contributed by atoms with Crippen molar-refractivity contribution in [2.75, 3.05) is 0 Å². The summed E-state index contributed by atoms with van der Waals surface area (Å²) in [5, 5.41) is 8.79. The van der Waals surface area contributed by atoms with Crippen LogP contribution in [0.1, 0.15) is 51.3 Å². The standard InChI is InChI=1S/C37H30N6.Pt/c1-36(2,3)23-16-17-38-33(20-23)42-30-12-8-7-11-28(30)34-32(42)19-25(21-39-34)37(4,5)24-14-15-26-27-10-6-9-13-31(27)43-35(29(26)18-24)40-22-41-43;/h6-17,20-22H,1-5H3;/q-2;+2. The SMILES string of the molecule is CC(C)(C)c1ccnc(-n2c3[c-]c(C(C)(C)c4[c-]c5c(cc4)c4ccccc4n4ncnc54)cnc3c3ccccc32)c1.[Pt+2]. The molecule has 0 aliphatic carbocycles. The van der Waals surface area contributed by atoms with Gasteiger partial charge in [0, 0.05) is 11.7 Å². The van der Waals surface area contributed by atoms with Crippen LogP contribution < -0.4 is 0 Å². The van der Waals surface area contributed by atoms with Crippen molar-refractivity contribution in [3.8, 4) is 5.82 Å². The largest absolute Gasteiger partial charge is 2.00 e. The van der Waals surface area contributed by atoms with Crippen LogP contribution in [-0.4, -0.2) is 29.1 Å². The molecule has 6 nitrogen and oxygen atoms in total. The summed E-state index contributed by atoms with van der Waals surface area (Å²) in [7, 11) is 0. The molecule has 0 radical (unpaired) electrons. The van der Waals surface area contributed by atoms with Gasteiger partial charge in [0.25, 0.3) is 0 Å². The van der Waals surface area contributed by atoms with E-state index in [9.17, 15) is 0 Å². The Balaban J connectivity index is 0.00000312. The van der Waals surface area contributed by atoms with Gasteiger partial charge in [0.1, 0.15) is 12.1 Å². The maximum Gasteiger partial charge on any atom is 2.00 e. The molecule has 218 valence electrons. The zero-order valence-electron chi connectivity index (χ0n) is 25.2. The Labute approximate surface area is 270 Å². The first kappa shape index (κ1) is 28.4. The van der Waals surface area contributed by atoms with E-state index in [1.54, 1.807) is 6.33 Å². The smallest absolute Gasteiger partial charge is 0.380 e. The topological polar surface area (TPSA) is 60.9 Å². The van der Waals surface area contributed by atoms with E-state index in [0.29, 0.717) is 0 Å². The van der Waals surface area contributed by atoms with E-state index in [0.717, 1.165) is 66.2 Å². The molecule has 44 heavy (non-hydrogen) atoms. The average Bonchev–Trinajstić information content (AvgIpc) is 3.64. The number of para-hydroxylation sites is 2. The monoisotopic (exact) mass is 753 g/mol. The number of nitrogens with zero attached hydrogens (tertiary/aromatic N) is 6. The summed E-state index contributed by atoms with van der Waals surface area (Å²) in [5.74, 6) is 0.866. The number of fused-ring (bicyclic) bond motifs is 9. The van der Waals surface area contributed by atoms with E-state index in [4.69, 9.17) is 9.97 Å². The van der Waals surface area contributed by atoms with Crippen molar-refractivity contribution < 1.29 is 21.1 Å². The third kappa shape index (κ3) is 4.19. The van der Waals surface area contributed by atoms with Crippen LogP contribution in [0.15, 0.2) is 91.5 Å². The second-order valence-electron chi connectivity index (χ2n) is 12.8. The van der Waals surface area contributed by atoms with Crippen molar-refractivity contribution in [3.63, 3.8) is 0 Å². The van der Waals surface area contributed by atoms with E-state index in [2.05, 4.69) is 128 Å². The van der Waals surface area contributed by atoms with Gasteiger partial charge in [-0.25, -0.2) is 4.98 Å². The van der Waals surface area contributed by atoms with Crippen molar-refractivity contribution >= 4 is 49.3 Å². The molecule has 5 heterocycles. The second-order valence-corrected chi connectivity index (χ2v) is 12.8. The first-order chi connectivity index (χ1) is 20.7. The first-order valence-electron chi connectivity index (χ1n) is 14.6. The van der Waals surface area contributed by atoms with E-state index >= 15 is 0 Å².